The van der Waals surface area contributed by atoms with Crippen molar-refractivity contribution in [3.8, 4) is 0 Å². The fourth-order valence-corrected chi connectivity index (χ4v) is 3.14. The minimum Gasteiger partial charge on any atom is -0.329 e. The molecule has 0 amide bonds. The Bertz CT molecular complexity index is 588. The summed E-state index contributed by atoms with van der Waals surface area (Å²) in [6, 6.07) is 4.77. The highest BCUT2D eigenvalue weighted by Gasteiger charge is 2.20. The highest BCUT2D eigenvalue weighted by atomic mass is 79.9. The van der Waals surface area contributed by atoms with Gasteiger partial charge in [0.1, 0.15) is 5.82 Å². The monoisotopic (exact) mass is 357 g/mol. The molecule has 3 nitrogen and oxygen atoms in total. The van der Waals surface area contributed by atoms with Crippen LogP contribution in [0.3, 0.4) is 0 Å². The van der Waals surface area contributed by atoms with Crippen LogP contribution in [0.2, 0.25) is 0 Å². The summed E-state index contributed by atoms with van der Waals surface area (Å²) in [5.74, 6) is -0.232. The van der Waals surface area contributed by atoms with E-state index in [-0.39, 0.29) is 11.9 Å². The first-order valence-electron chi connectivity index (χ1n) is 6.27. The van der Waals surface area contributed by atoms with E-state index in [4.69, 9.17) is 5.73 Å². The molecule has 0 radical (unpaired) electrons. The lowest BCUT2D eigenvalue weighted by Gasteiger charge is -2.27. The second-order valence-corrected chi connectivity index (χ2v) is 6.67. The third kappa shape index (κ3) is 3.63. The van der Waals surface area contributed by atoms with Crippen LogP contribution in [-0.4, -0.2) is 23.5 Å². The Labute approximate surface area is 130 Å². The van der Waals surface area contributed by atoms with Crippen LogP contribution in [0.25, 0.3) is 0 Å². The molecule has 0 spiro atoms. The predicted molar refractivity (Wildman–Crippen MR) is 84.2 cm³/mol. The topological polar surface area (TPSA) is 42.2 Å². The van der Waals surface area contributed by atoms with Gasteiger partial charge in [0, 0.05) is 28.5 Å². The van der Waals surface area contributed by atoms with Gasteiger partial charge < -0.3 is 5.73 Å². The van der Waals surface area contributed by atoms with Crippen LogP contribution < -0.4 is 5.73 Å². The van der Waals surface area contributed by atoms with Gasteiger partial charge in [0.05, 0.1) is 16.7 Å². The number of aryl methyl sites for hydroxylation is 1. The number of aromatic nitrogens is 1. The van der Waals surface area contributed by atoms with Gasteiger partial charge in [0.25, 0.3) is 0 Å². The lowest BCUT2D eigenvalue weighted by Crippen LogP contribution is -2.31. The molecule has 1 unspecified atom stereocenters. The molecule has 0 fully saturated rings. The Morgan fingerprint density at radius 3 is 2.85 bits per heavy atom. The minimum absolute atomic E-state index is 0.172. The first-order valence-corrected chi connectivity index (χ1v) is 7.94. The van der Waals surface area contributed by atoms with Crippen LogP contribution in [0.5, 0.6) is 0 Å². The van der Waals surface area contributed by atoms with Gasteiger partial charge >= 0.3 is 0 Å². The normalized spacial score (nSPS) is 12.9. The third-order valence-corrected chi connectivity index (χ3v) is 4.47. The van der Waals surface area contributed by atoms with E-state index in [1.165, 1.54) is 6.07 Å². The number of nitrogens with two attached hydrogens (primary N) is 1. The lowest BCUT2D eigenvalue weighted by atomic mass is 10.0. The number of hydrogen-bond donors (Lipinski definition) is 1. The maximum Gasteiger partial charge on any atom is 0.128 e. The summed E-state index contributed by atoms with van der Waals surface area (Å²) in [6.07, 6.45) is 0. The van der Waals surface area contributed by atoms with Gasteiger partial charge in [0.15, 0.2) is 0 Å². The smallest absolute Gasteiger partial charge is 0.128 e. The molecule has 1 atom stereocenters. The van der Waals surface area contributed by atoms with E-state index in [1.54, 1.807) is 23.5 Å². The maximum absolute atomic E-state index is 14.0. The molecule has 1 heterocycles. The molecule has 0 aliphatic rings. The van der Waals surface area contributed by atoms with Crippen molar-refractivity contribution in [2.75, 3.05) is 13.6 Å². The van der Waals surface area contributed by atoms with Gasteiger partial charge in [-0.25, -0.2) is 9.37 Å². The number of nitrogens with zero attached hydrogens (tertiary/aromatic N) is 2. The van der Waals surface area contributed by atoms with Crippen LogP contribution in [0, 0.1) is 12.7 Å². The molecule has 1 aromatic carbocycles. The Hall–Kier alpha value is -0.820. The van der Waals surface area contributed by atoms with Crippen molar-refractivity contribution in [2.24, 2.45) is 5.73 Å². The van der Waals surface area contributed by atoms with Crippen molar-refractivity contribution >= 4 is 27.3 Å². The molecule has 6 heteroatoms. The number of likely N-dealkylation sites (N-methyl/N-ethyl adjacent to an activating group) is 1. The van der Waals surface area contributed by atoms with E-state index in [1.807, 2.05) is 24.3 Å². The van der Waals surface area contributed by atoms with Crippen LogP contribution in [0.1, 0.15) is 22.3 Å². The highest BCUT2D eigenvalue weighted by molar-refractivity contribution is 9.10. The summed E-state index contributed by atoms with van der Waals surface area (Å²) < 4.78 is 14.8. The molecule has 0 saturated heterocycles. The number of rotatable bonds is 5. The standard InChI is InChI=1S/C14H17BrFN3S/c1-9-18-11(8-20-9)7-19(2)14(6-17)12-5-10(15)3-4-13(12)16/h3-5,8,14H,6-7,17H2,1-2H3. The first kappa shape index (κ1) is 15.6. The summed E-state index contributed by atoms with van der Waals surface area (Å²) in [5, 5.41) is 3.06. The molecule has 0 bridgehead atoms. The third-order valence-electron chi connectivity index (χ3n) is 3.15. The molecule has 108 valence electrons. The number of thiazole rings is 1. The molecule has 0 aliphatic carbocycles. The molecule has 20 heavy (non-hydrogen) atoms. The van der Waals surface area contributed by atoms with Crippen molar-refractivity contribution in [1.82, 2.24) is 9.88 Å². The Balaban J connectivity index is 2.20. The minimum atomic E-state index is -0.232. The Kier molecular flexibility index (Phi) is 5.26. The highest BCUT2D eigenvalue weighted by Crippen LogP contribution is 2.26. The van der Waals surface area contributed by atoms with E-state index in [9.17, 15) is 4.39 Å². The van der Waals surface area contributed by atoms with Crippen molar-refractivity contribution in [3.05, 3.63) is 50.1 Å². The van der Waals surface area contributed by atoms with E-state index in [2.05, 4.69) is 20.9 Å². The summed E-state index contributed by atoms with van der Waals surface area (Å²) in [4.78, 5) is 6.46. The van der Waals surface area contributed by atoms with Crippen molar-refractivity contribution in [3.63, 3.8) is 0 Å². The predicted octanol–water partition coefficient (Wildman–Crippen LogP) is 3.48. The number of benzene rings is 1. The molecule has 2 rings (SSSR count). The molecule has 2 aromatic rings. The molecule has 0 saturated carbocycles. The molecule has 0 aliphatic heterocycles. The zero-order chi connectivity index (χ0) is 14.7. The Morgan fingerprint density at radius 1 is 1.50 bits per heavy atom. The zero-order valence-corrected chi connectivity index (χ0v) is 13.8. The summed E-state index contributed by atoms with van der Waals surface area (Å²) >= 11 is 4.99. The second kappa shape index (κ2) is 6.76. The van der Waals surface area contributed by atoms with Gasteiger partial charge in [-0.15, -0.1) is 11.3 Å². The van der Waals surface area contributed by atoms with Crippen molar-refractivity contribution < 1.29 is 4.39 Å². The van der Waals surface area contributed by atoms with Crippen LogP contribution >= 0.6 is 27.3 Å². The van der Waals surface area contributed by atoms with E-state index in [0.717, 1.165) is 15.2 Å². The van der Waals surface area contributed by atoms with Gasteiger partial charge in [-0.05, 0) is 32.2 Å². The van der Waals surface area contributed by atoms with Gasteiger partial charge in [0.2, 0.25) is 0 Å². The zero-order valence-electron chi connectivity index (χ0n) is 11.4. The fourth-order valence-electron chi connectivity index (χ4n) is 2.16. The fraction of sp³-hybridized carbons (Fsp3) is 0.357. The van der Waals surface area contributed by atoms with E-state index in [0.29, 0.717) is 18.7 Å². The van der Waals surface area contributed by atoms with Crippen LogP contribution in [0.15, 0.2) is 28.1 Å². The van der Waals surface area contributed by atoms with E-state index >= 15 is 0 Å². The maximum atomic E-state index is 14.0. The first-order chi connectivity index (χ1) is 9.51. The number of halogens is 2. The average Bonchev–Trinajstić information content (AvgIpc) is 2.80. The lowest BCUT2D eigenvalue weighted by molar-refractivity contribution is 0.234. The van der Waals surface area contributed by atoms with Crippen molar-refractivity contribution in [2.45, 2.75) is 19.5 Å². The summed E-state index contributed by atoms with van der Waals surface area (Å²) in [7, 11) is 1.94. The average molecular weight is 358 g/mol. The van der Waals surface area contributed by atoms with E-state index < -0.39 is 0 Å². The SMILES string of the molecule is Cc1nc(CN(C)C(CN)c2cc(Br)ccc2F)cs1. The second-order valence-electron chi connectivity index (χ2n) is 4.69. The summed E-state index contributed by atoms with van der Waals surface area (Å²) in [5.41, 5.74) is 7.44. The van der Waals surface area contributed by atoms with Gasteiger partial charge in [-0.1, -0.05) is 15.9 Å². The molecular formula is C14H17BrFN3S. The molecular weight excluding hydrogens is 341 g/mol. The van der Waals surface area contributed by atoms with Crippen LogP contribution in [-0.2, 0) is 6.54 Å². The number of hydrogen-bond acceptors (Lipinski definition) is 4. The Morgan fingerprint density at radius 2 is 2.25 bits per heavy atom. The quantitative estimate of drug-likeness (QED) is 0.890. The van der Waals surface area contributed by atoms with Gasteiger partial charge in [-0.2, -0.15) is 0 Å². The molecule has 2 N–H and O–H groups in total. The van der Waals surface area contributed by atoms with Crippen molar-refractivity contribution in [1.29, 1.82) is 0 Å². The summed E-state index contributed by atoms with van der Waals surface area (Å²) in [6.45, 7) is 2.98. The van der Waals surface area contributed by atoms with Crippen LogP contribution in [0.4, 0.5) is 4.39 Å². The van der Waals surface area contributed by atoms with Gasteiger partial charge in [-0.3, -0.25) is 4.90 Å². The molecule has 1 aromatic heterocycles. The largest absolute Gasteiger partial charge is 0.329 e.